The van der Waals surface area contributed by atoms with E-state index in [1.807, 2.05) is 25.1 Å². The first-order valence-corrected chi connectivity index (χ1v) is 7.17. The van der Waals surface area contributed by atoms with Crippen molar-refractivity contribution in [1.82, 2.24) is 15.6 Å². The minimum absolute atomic E-state index is 0.348. The van der Waals surface area contributed by atoms with Crippen molar-refractivity contribution >= 4 is 11.9 Å². The van der Waals surface area contributed by atoms with Gasteiger partial charge in [-0.2, -0.15) is 0 Å². The summed E-state index contributed by atoms with van der Waals surface area (Å²) in [5.74, 6) is 0.332. The third kappa shape index (κ3) is 6.25. The second-order valence-electron chi connectivity index (χ2n) is 5.44. The van der Waals surface area contributed by atoms with Crippen LogP contribution in [0.2, 0.25) is 0 Å². The molecular formula is C15H25N5O. The molecule has 6 heteroatoms. The molecule has 1 heterocycles. The number of pyridine rings is 1. The van der Waals surface area contributed by atoms with Gasteiger partial charge in [-0.05, 0) is 32.9 Å². The molecule has 0 spiro atoms. The molecule has 0 radical (unpaired) electrons. The van der Waals surface area contributed by atoms with E-state index in [9.17, 15) is 4.79 Å². The number of rotatable bonds is 7. The predicted molar refractivity (Wildman–Crippen MR) is 84.9 cm³/mol. The van der Waals surface area contributed by atoms with E-state index < -0.39 is 5.41 Å². The number of primary amides is 1. The maximum Gasteiger partial charge on any atom is 0.224 e. The number of amides is 1. The van der Waals surface area contributed by atoms with E-state index in [0.717, 1.165) is 25.2 Å². The zero-order chi connectivity index (χ0) is 15.7. The lowest BCUT2D eigenvalue weighted by atomic mass is 9.93. The molecule has 1 amide bonds. The fraction of sp³-hybridized carbons (Fsp3) is 0.533. The summed E-state index contributed by atoms with van der Waals surface area (Å²) in [4.78, 5) is 20.0. The molecule has 1 rings (SSSR count). The van der Waals surface area contributed by atoms with Gasteiger partial charge in [-0.1, -0.05) is 6.07 Å². The van der Waals surface area contributed by atoms with Crippen molar-refractivity contribution in [3.05, 3.63) is 30.1 Å². The molecule has 0 aliphatic carbocycles. The molecule has 0 aliphatic rings. The van der Waals surface area contributed by atoms with Gasteiger partial charge in [-0.25, -0.2) is 0 Å². The zero-order valence-corrected chi connectivity index (χ0v) is 13.0. The lowest BCUT2D eigenvalue weighted by Gasteiger charge is -2.19. The molecule has 0 saturated carbocycles. The molecule has 21 heavy (non-hydrogen) atoms. The fourth-order valence-corrected chi connectivity index (χ4v) is 1.55. The molecule has 0 atom stereocenters. The quantitative estimate of drug-likeness (QED) is 0.509. The largest absolute Gasteiger partial charge is 0.369 e. The Bertz CT molecular complexity index is 470. The van der Waals surface area contributed by atoms with E-state index in [1.165, 1.54) is 0 Å². The molecule has 1 aromatic heterocycles. The summed E-state index contributed by atoms with van der Waals surface area (Å²) < 4.78 is 0. The number of hydrogen-bond donors (Lipinski definition) is 3. The van der Waals surface area contributed by atoms with Crippen molar-refractivity contribution in [2.45, 2.75) is 27.2 Å². The van der Waals surface area contributed by atoms with Gasteiger partial charge in [-0.3, -0.25) is 14.8 Å². The lowest BCUT2D eigenvalue weighted by Crippen LogP contribution is -2.40. The first-order valence-electron chi connectivity index (χ1n) is 7.17. The Hall–Kier alpha value is -2.11. The number of guanidine groups is 1. The smallest absolute Gasteiger partial charge is 0.224 e. The molecule has 0 bridgehead atoms. The molecule has 0 aromatic carbocycles. The van der Waals surface area contributed by atoms with Crippen LogP contribution < -0.4 is 16.4 Å². The van der Waals surface area contributed by atoms with Crippen molar-refractivity contribution in [3.8, 4) is 0 Å². The summed E-state index contributed by atoms with van der Waals surface area (Å²) in [6, 6.07) is 5.85. The van der Waals surface area contributed by atoms with Gasteiger partial charge in [0.05, 0.1) is 12.0 Å². The van der Waals surface area contributed by atoms with E-state index in [2.05, 4.69) is 20.6 Å². The van der Waals surface area contributed by atoms with Crippen LogP contribution in [0.5, 0.6) is 0 Å². The number of hydrogen-bond acceptors (Lipinski definition) is 3. The van der Waals surface area contributed by atoms with Gasteiger partial charge in [0, 0.05) is 31.4 Å². The summed E-state index contributed by atoms with van der Waals surface area (Å²) in [5.41, 5.74) is 5.73. The number of carbonyl (C=O) groups is 1. The van der Waals surface area contributed by atoms with Gasteiger partial charge in [0.2, 0.25) is 5.91 Å². The summed E-state index contributed by atoms with van der Waals surface area (Å²) in [7, 11) is 0. The van der Waals surface area contributed by atoms with Crippen LogP contribution in [0.3, 0.4) is 0 Å². The number of carbonyl (C=O) groups excluding carboxylic acids is 1. The molecule has 1 aromatic rings. The molecule has 4 N–H and O–H groups in total. The van der Waals surface area contributed by atoms with Gasteiger partial charge in [-0.15, -0.1) is 0 Å². The SMILES string of the molecule is CCNC(=NCC(C)(C)C(N)=O)NCCc1ccccn1. The molecule has 116 valence electrons. The number of aromatic nitrogens is 1. The number of nitrogens with zero attached hydrogens (tertiary/aromatic N) is 2. The van der Waals surface area contributed by atoms with Gasteiger partial charge in [0.15, 0.2) is 5.96 Å². The molecule has 6 nitrogen and oxygen atoms in total. The first-order chi connectivity index (χ1) is 9.95. The second-order valence-corrected chi connectivity index (χ2v) is 5.44. The normalized spacial score (nSPS) is 12.0. The van der Waals surface area contributed by atoms with Gasteiger partial charge < -0.3 is 16.4 Å². The van der Waals surface area contributed by atoms with Crippen LogP contribution >= 0.6 is 0 Å². The molecule has 0 aliphatic heterocycles. The van der Waals surface area contributed by atoms with Gasteiger partial charge in [0.1, 0.15) is 0 Å². The van der Waals surface area contributed by atoms with Crippen molar-refractivity contribution < 1.29 is 4.79 Å². The molecule has 0 saturated heterocycles. The van der Waals surface area contributed by atoms with Crippen LogP contribution in [-0.2, 0) is 11.2 Å². The van der Waals surface area contributed by atoms with Crippen molar-refractivity contribution in [2.24, 2.45) is 16.1 Å². The Morgan fingerprint density at radius 3 is 2.71 bits per heavy atom. The summed E-state index contributed by atoms with van der Waals surface area (Å²) in [6.45, 7) is 7.40. The Morgan fingerprint density at radius 2 is 2.14 bits per heavy atom. The monoisotopic (exact) mass is 291 g/mol. The van der Waals surface area contributed by atoms with Crippen molar-refractivity contribution in [2.75, 3.05) is 19.6 Å². The van der Waals surface area contributed by atoms with Crippen molar-refractivity contribution in [1.29, 1.82) is 0 Å². The number of nitrogens with one attached hydrogen (secondary N) is 2. The van der Waals surface area contributed by atoms with E-state index in [0.29, 0.717) is 12.5 Å². The maximum absolute atomic E-state index is 11.3. The van der Waals surface area contributed by atoms with Crippen LogP contribution in [0.4, 0.5) is 0 Å². The summed E-state index contributed by atoms with van der Waals surface area (Å²) in [5, 5.41) is 6.37. The Labute approximate surface area is 126 Å². The van der Waals surface area contributed by atoms with E-state index in [4.69, 9.17) is 5.73 Å². The maximum atomic E-state index is 11.3. The minimum Gasteiger partial charge on any atom is -0.369 e. The minimum atomic E-state index is -0.649. The second kappa shape index (κ2) is 8.24. The van der Waals surface area contributed by atoms with Crippen LogP contribution in [-0.4, -0.2) is 36.5 Å². The highest BCUT2D eigenvalue weighted by Gasteiger charge is 2.24. The molecule has 0 unspecified atom stereocenters. The van der Waals surface area contributed by atoms with Gasteiger partial charge >= 0.3 is 0 Å². The summed E-state index contributed by atoms with van der Waals surface area (Å²) >= 11 is 0. The molecule has 0 fully saturated rings. The van der Waals surface area contributed by atoms with E-state index in [1.54, 1.807) is 20.0 Å². The third-order valence-corrected chi connectivity index (χ3v) is 3.04. The van der Waals surface area contributed by atoms with Crippen molar-refractivity contribution in [3.63, 3.8) is 0 Å². The van der Waals surface area contributed by atoms with E-state index >= 15 is 0 Å². The highest BCUT2D eigenvalue weighted by atomic mass is 16.1. The van der Waals surface area contributed by atoms with Crippen LogP contribution in [0.1, 0.15) is 26.5 Å². The Balaban J connectivity index is 2.51. The average Bonchev–Trinajstić information content (AvgIpc) is 2.46. The molecular weight excluding hydrogens is 266 g/mol. The van der Waals surface area contributed by atoms with Crippen LogP contribution in [0.15, 0.2) is 29.4 Å². The van der Waals surface area contributed by atoms with Crippen LogP contribution in [0.25, 0.3) is 0 Å². The highest BCUT2D eigenvalue weighted by Crippen LogP contribution is 2.13. The topological polar surface area (TPSA) is 92.4 Å². The predicted octanol–water partition coefficient (Wildman–Crippen LogP) is 0.691. The highest BCUT2D eigenvalue weighted by molar-refractivity contribution is 5.82. The lowest BCUT2D eigenvalue weighted by molar-refractivity contribution is -0.125. The van der Waals surface area contributed by atoms with Gasteiger partial charge in [0.25, 0.3) is 0 Å². The number of aliphatic imine (C=N–C) groups is 1. The zero-order valence-electron chi connectivity index (χ0n) is 13.0. The van der Waals surface area contributed by atoms with E-state index in [-0.39, 0.29) is 5.91 Å². The van der Waals surface area contributed by atoms with Crippen LogP contribution in [0, 0.1) is 5.41 Å². The number of nitrogens with two attached hydrogens (primary N) is 1. The Kier molecular flexibility index (Phi) is 6.65. The fourth-order valence-electron chi connectivity index (χ4n) is 1.55. The standard InChI is InChI=1S/C15H25N5O/c1-4-17-14(20-11-15(2,3)13(16)21)19-10-8-12-7-5-6-9-18-12/h5-7,9H,4,8,10-11H2,1-3H3,(H2,16,21)(H2,17,19,20). The first kappa shape index (κ1) is 16.9. The third-order valence-electron chi connectivity index (χ3n) is 3.04. The summed E-state index contributed by atoms with van der Waals surface area (Å²) in [6.07, 6.45) is 2.59. The average molecular weight is 291 g/mol. The Morgan fingerprint density at radius 1 is 1.38 bits per heavy atom.